The summed E-state index contributed by atoms with van der Waals surface area (Å²) in [6.45, 7) is 3.83. The molecule has 0 aromatic heterocycles. The second kappa shape index (κ2) is 9.61. The van der Waals surface area contributed by atoms with Crippen LogP contribution < -0.4 is 4.74 Å². The maximum Gasteiger partial charge on any atom is 0.119 e. The molecule has 2 aromatic carbocycles. The molecule has 0 amide bonds. The summed E-state index contributed by atoms with van der Waals surface area (Å²) in [5.74, 6) is 2.68. The second-order valence-corrected chi connectivity index (χ2v) is 8.18. The zero-order valence-electron chi connectivity index (χ0n) is 16.4. The van der Waals surface area contributed by atoms with Crippen molar-refractivity contribution >= 4 is 12.4 Å². The summed E-state index contributed by atoms with van der Waals surface area (Å²) in [5, 5.41) is 0. The summed E-state index contributed by atoms with van der Waals surface area (Å²) in [6, 6.07) is 17.6. The molecule has 0 radical (unpaired) electrons. The van der Waals surface area contributed by atoms with Crippen molar-refractivity contribution in [1.29, 1.82) is 0 Å². The summed E-state index contributed by atoms with van der Waals surface area (Å²) >= 11 is 0. The first-order valence-corrected chi connectivity index (χ1v) is 10.2. The molecule has 2 nitrogen and oxygen atoms in total. The molecule has 1 atom stereocenters. The Labute approximate surface area is 170 Å². The quantitative estimate of drug-likeness (QED) is 0.703. The third-order valence-electron chi connectivity index (χ3n) is 6.33. The van der Waals surface area contributed by atoms with E-state index in [1.54, 1.807) is 7.11 Å². The lowest BCUT2D eigenvalue weighted by atomic mass is 9.83. The number of benzene rings is 2. The average molecular weight is 386 g/mol. The highest BCUT2D eigenvalue weighted by Gasteiger charge is 2.24. The van der Waals surface area contributed by atoms with Crippen molar-refractivity contribution in [2.24, 2.45) is 11.8 Å². The topological polar surface area (TPSA) is 12.5 Å². The summed E-state index contributed by atoms with van der Waals surface area (Å²) in [7, 11) is 1.77. The van der Waals surface area contributed by atoms with Gasteiger partial charge in [-0.2, -0.15) is 0 Å². The highest BCUT2D eigenvalue weighted by Crippen LogP contribution is 2.30. The smallest absolute Gasteiger partial charge is 0.119 e. The van der Waals surface area contributed by atoms with Crippen molar-refractivity contribution in [3.8, 4) is 5.75 Å². The molecule has 0 bridgehead atoms. The van der Waals surface area contributed by atoms with Crippen molar-refractivity contribution in [3.05, 3.63) is 65.2 Å². The highest BCUT2D eigenvalue weighted by molar-refractivity contribution is 5.85. The molecule has 0 saturated carbocycles. The third-order valence-corrected chi connectivity index (χ3v) is 6.33. The molecule has 3 heteroatoms. The van der Waals surface area contributed by atoms with Crippen molar-refractivity contribution in [3.63, 3.8) is 0 Å². The Bertz CT molecular complexity index is 710. The van der Waals surface area contributed by atoms with Crippen LogP contribution in [0.3, 0.4) is 0 Å². The summed E-state index contributed by atoms with van der Waals surface area (Å²) < 4.78 is 5.42. The van der Waals surface area contributed by atoms with E-state index in [9.17, 15) is 0 Å². The second-order valence-electron chi connectivity index (χ2n) is 8.18. The Hall–Kier alpha value is -1.51. The molecule has 4 rings (SSSR count). The largest absolute Gasteiger partial charge is 0.497 e. The van der Waals surface area contributed by atoms with Gasteiger partial charge in [0, 0.05) is 6.54 Å². The van der Waals surface area contributed by atoms with E-state index in [0.717, 1.165) is 17.6 Å². The summed E-state index contributed by atoms with van der Waals surface area (Å²) in [4.78, 5) is 2.72. The summed E-state index contributed by atoms with van der Waals surface area (Å²) in [6.07, 6.45) is 7.75. The number of likely N-dealkylation sites (tertiary alicyclic amines) is 1. The molecule has 1 unspecified atom stereocenters. The van der Waals surface area contributed by atoms with Crippen LogP contribution in [0.1, 0.15) is 36.0 Å². The predicted octanol–water partition coefficient (Wildman–Crippen LogP) is 5.18. The standard InChI is InChI=1S/C24H31NO.ClH/c1-26-24-10-9-22-8-7-21(16-23(22)17-24)18-25-13-11-20(12-14-25)15-19-5-3-2-4-6-19;/h2-6,9-10,17,20-21H,7-8,11-16,18H2,1H3;1H. The molecule has 27 heavy (non-hydrogen) atoms. The van der Waals surface area contributed by atoms with E-state index >= 15 is 0 Å². The molecule has 2 aliphatic rings. The molecule has 2 aromatic rings. The van der Waals surface area contributed by atoms with E-state index in [0.29, 0.717) is 0 Å². The zero-order valence-corrected chi connectivity index (χ0v) is 17.2. The molecule has 1 aliphatic heterocycles. The van der Waals surface area contributed by atoms with Crippen LogP contribution in [0.15, 0.2) is 48.5 Å². The molecule has 1 saturated heterocycles. The first kappa shape index (κ1) is 20.2. The molecular weight excluding hydrogens is 354 g/mol. The van der Waals surface area contributed by atoms with Crippen LogP contribution in [0.5, 0.6) is 5.75 Å². The van der Waals surface area contributed by atoms with Gasteiger partial charge in [0.05, 0.1) is 7.11 Å². The maximum absolute atomic E-state index is 5.42. The number of fused-ring (bicyclic) bond motifs is 1. The fourth-order valence-corrected chi connectivity index (χ4v) is 4.78. The molecule has 1 fully saturated rings. The first-order valence-electron chi connectivity index (χ1n) is 10.2. The maximum atomic E-state index is 5.42. The van der Waals surface area contributed by atoms with E-state index in [2.05, 4.69) is 53.4 Å². The van der Waals surface area contributed by atoms with E-state index in [-0.39, 0.29) is 12.4 Å². The molecule has 0 N–H and O–H groups in total. The van der Waals surface area contributed by atoms with Crippen LogP contribution >= 0.6 is 12.4 Å². The van der Waals surface area contributed by atoms with Crippen molar-refractivity contribution in [2.45, 2.75) is 38.5 Å². The fourth-order valence-electron chi connectivity index (χ4n) is 4.78. The SMILES string of the molecule is COc1ccc2c(c1)CC(CN1CCC(Cc3ccccc3)CC1)CC2.Cl. The molecule has 1 heterocycles. The lowest BCUT2D eigenvalue weighted by Gasteiger charge is -2.36. The number of halogens is 1. The minimum absolute atomic E-state index is 0. The van der Waals surface area contributed by atoms with E-state index < -0.39 is 0 Å². The number of ether oxygens (including phenoxy) is 1. The number of hydrogen-bond acceptors (Lipinski definition) is 2. The van der Waals surface area contributed by atoms with E-state index in [1.165, 1.54) is 74.8 Å². The van der Waals surface area contributed by atoms with Gasteiger partial charge in [-0.05, 0) is 92.3 Å². The van der Waals surface area contributed by atoms with Gasteiger partial charge in [0.25, 0.3) is 0 Å². The fraction of sp³-hybridized carbons (Fsp3) is 0.500. The van der Waals surface area contributed by atoms with Crippen LogP contribution in [0.25, 0.3) is 0 Å². The zero-order chi connectivity index (χ0) is 17.8. The van der Waals surface area contributed by atoms with E-state index in [4.69, 9.17) is 4.74 Å². The van der Waals surface area contributed by atoms with Gasteiger partial charge in [-0.15, -0.1) is 12.4 Å². The lowest BCUT2D eigenvalue weighted by Crippen LogP contribution is -2.38. The molecule has 1 aliphatic carbocycles. The summed E-state index contributed by atoms with van der Waals surface area (Å²) in [5.41, 5.74) is 4.55. The number of rotatable bonds is 5. The van der Waals surface area contributed by atoms with Crippen molar-refractivity contribution < 1.29 is 4.74 Å². The molecule has 146 valence electrons. The molecule has 0 spiro atoms. The number of methoxy groups -OCH3 is 1. The van der Waals surface area contributed by atoms with Gasteiger partial charge in [0.2, 0.25) is 0 Å². The van der Waals surface area contributed by atoms with Gasteiger partial charge in [-0.3, -0.25) is 0 Å². The van der Waals surface area contributed by atoms with Gasteiger partial charge < -0.3 is 9.64 Å². The number of hydrogen-bond donors (Lipinski definition) is 0. The van der Waals surface area contributed by atoms with Gasteiger partial charge in [-0.25, -0.2) is 0 Å². The van der Waals surface area contributed by atoms with Crippen LogP contribution in [0.2, 0.25) is 0 Å². The average Bonchev–Trinajstić information content (AvgIpc) is 2.70. The van der Waals surface area contributed by atoms with Gasteiger partial charge >= 0.3 is 0 Å². The van der Waals surface area contributed by atoms with Crippen LogP contribution in [0.4, 0.5) is 0 Å². The Morgan fingerprint density at radius 2 is 1.70 bits per heavy atom. The van der Waals surface area contributed by atoms with Crippen LogP contribution in [0, 0.1) is 11.8 Å². The molecular formula is C24H32ClNO. The Morgan fingerprint density at radius 3 is 2.44 bits per heavy atom. The van der Waals surface area contributed by atoms with Crippen LogP contribution in [-0.2, 0) is 19.3 Å². The highest BCUT2D eigenvalue weighted by atomic mass is 35.5. The first-order chi connectivity index (χ1) is 12.8. The van der Waals surface area contributed by atoms with Crippen molar-refractivity contribution in [2.75, 3.05) is 26.7 Å². The normalized spacial score (nSPS) is 20.6. The Morgan fingerprint density at radius 1 is 0.926 bits per heavy atom. The van der Waals surface area contributed by atoms with Crippen LogP contribution in [-0.4, -0.2) is 31.6 Å². The number of nitrogens with zero attached hydrogens (tertiary/aromatic N) is 1. The monoisotopic (exact) mass is 385 g/mol. The van der Waals surface area contributed by atoms with Gasteiger partial charge in [-0.1, -0.05) is 36.4 Å². The van der Waals surface area contributed by atoms with Gasteiger partial charge in [0.1, 0.15) is 5.75 Å². The minimum Gasteiger partial charge on any atom is -0.497 e. The predicted molar refractivity (Wildman–Crippen MR) is 115 cm³/mol. The van der Waals surface area contributed by atoms with Crippen molar-refractivity contribution in [1.82, 2.24) is 4.90 Å². The number of piperidine rings is 1. The minimum atomic E-state index is 0. The Kier molecular flexibility index (Phi) is 7.20. The lowest BCUT2D eigenvalue weighted by molar-refractivity contribution is 0.154. The number of aryl methyl sites for hydroxylation is 1. The third kappa shape index (κ3) is 5.27. The van der Waals surface area contributed by atoms with Gasteiger partial charge in [0.15, 0.2) is 0 Å². The Balaban J connectivity index is 0.00000210. The van der Waals surface area contributed by atoms with E-state index in [1.807, 2.05) is 0 Å².